The Morgan fingerprint density at radius 3 is 2.18 bits per heavy atom. The summed E-state index contributed by atoms with van der Waals surface area (Å²) in [7, 11) is 0. The van der Waals surface area contributed by atoms with Crippen LogP contribution in [-0.2, 0) is 4.79 Å². The molecule has 4 rings (SSSR count). The van der Waals surface area contributed by atoms with Crippen LogP contribution >= 0.6 is 11.6 Å². The van der Waals surface area contributed by atoms with Crippen molar-refractivity contribution >= 4 is 23.4 Å². The molecule has 0 unspecified atom stereocenters. The van der Waals surface area contributed by atoms with Gasteiger partial charge in [-0.2, -0.15) is 0 Å². The molecule has 0 aromatic heterocycles. The minimum Gasteiger partial charge on any atom is -0.342 e. The lowest BCUT2D eigenvalue weighted by Crippen LogP contribution is -2.37. The van der Waals surface area contributed by atoms with Crippen molar-refractivity contribution in [3.8, 4) is 0 Å². The molecule has 5 heteroatoms. The summed E-state index contributed by atoms with van der Waals surface area (Å²) in [5.41, 5.74) is 2.94. The molecule has 0 radical (unpaired) electrons. The maximum atomic E-state index is 13.2. The number of carbonyl (C=O) groups excluding carboxylic acids is 2. The van der Waals surface area contributed by atoms with E-state index in [-0.39, 0.29) is 23.7 Å². The first-order valence-electron chi connectivity index (χ1n) is 9.93. The van der Waals surface area contributed by atoms with E-state index in [1.165, 1.54) is 5.56 Å². The zero-order valence-electron chi connectivity index (χ0n) is 16.1. The highest BCUT2D eigenvalue weighted by Gasteiger charge is 2.42. The van der Waals surface area contributed by atoms with Crippen LogP contribution in [0.25, 0.3) is 0 Å². The van der Waals surface area contributed by atoms with E-state index in [4.69, 9.17) is 11.6 Å². The number of aryl methyl sites for hydroxylation is 1. The van der Waals surface area contributed by atoms with Gasteiger partial charge in [-0.05, 0) is 49.6 Å². The Labute approximate surface area is 171 Å². The molecule has 0 bridgehead atoms. The Morgan fingerprint density at radius 2 is 1.54 bits per heavy atom. The van der Waals surface area contributed by atoms with Crippen molar-refractivity contribution in [3.05, 3.63) is 70.2 Å². The van der Waals surface area contributed by atoms with Crippen LogP contribution in [0.4, 0.5) is 0 Å². The molecule has 28 heavy (non-hydrogen) atoms. The fourth-order valence-electron chi connectivity index (χ4n) is 4.32. The Morgan fingerprint density at radius 1 is 0.893 bits per heavy atom. The standard InChI is InChI=1S/C23H25ClN2O2/c1-16-4-6-17(7-5-16)20-14-26(22(27)18-8-10-19(24)11-9-18)15-21(20)23(28)25-12-2-3-13-25/h4-11,20-21H,2-3,12-15H2,1H3/t20-,21-/m0/s1. The summed E-state index contributed by atoms with van der Waals surface area (Å²) in [5.74, 6) is 0.00184. The first-order chi connectivity index (χ1) is 13.5. The van der Waals surface area contributed by atoms with Crippen LogP contribution in [-0.4, -0.2) is 47.8 Å². The third-order valence-corrected chi connectivity index (χ3v) is 6.19. The van der Waals surface area contributed by atoms with E-state index >= 15 is 0 Å². The quantitative estimate of drug-likeness (QED) is 0.782. The van der Waals surface area contributed by atoms with E-state index in [1.54, 1.807) is 24.3 Å². The third kappa shape index (κ3) is 3.79. The van der Waals surface area contributed by atoms with Gasteiger partial charge >= 0.3 is 0 Å². The highest BCUT2D eigenvalue weighted by Crippen LogP contribution is 2.35. The van der Waals surface area contributed by atoms with Crippen LogP contribution in [0.1, 0.15) is 40.2 Å². The van der Waals surface area contributed by atoms with Crippen molar-refractivity contribution < 1.29 is 9.59 Å². The third-order valence-electron chi connectivity index (χ3n) is 5.94. The Bertz CT molecular complexity index is 857. The predicted octanol–water partition coefficient (Wildman–Crippen LogP) is 4.13. The van der Waals surface area contributed by atoms with Crippen molar-refractivity contribution in [2.24, 2.45) is 5.92 Å². The lowest BCUT2D eigenvalue weighted by molar-refractivity contribution is -0.134. The molecule has 2 heterocycles. The van der Waals surface area contributed by atoms with Gasteiger partial charge in [0.25, 0.3) is 5.91 Å². The van der Waals surface area contributed by atoms with Crippen LogP contribution in [0, 0.1) is 12.8 Å². The number of rotatable bonds is 3. The van der Waals surface area contributed by atoms with Crippen LogP contribution in [0.3, 0.4) is 0 Å². The lowest BCUT2D eigenvalue weighted by atomic mass is 9.87. The maximum absolute atomic E-state index is 13.2. The summed E-state index contributed by atoms with van der Waals surface area (Å²) in [4.78, 5) is 30.1. The van der Waals surface area contributed by atoms with Crippen LogP contribution in [0.15, 0.2) is 48.5 Å². The molecule has 0 saturated carbocycles. The Hall–Kier alpha value is -2.33. The number of hydrogen-bond donors (Lipinski definition) is 0. The molecule has 0 aliphatic carbocycles. The SMILES string of the molecule is Cc1ccc([C@@H]2CN(C(=O)c3ccc(Cl)cc3)C[C@@H]2C(=O)N2CCCC2)cc1. The molecule has 2 aromatic carbocycles. The summed E-state index contributed by atoms with van der Waals surface area (Å²) in [6.07, 6.45) is 2.14. The van der Waals surface area contributed by atoms with E-state index in [9.17, 15) is 9.59 Å². The van der Waals surface area contributed by atoms with Gasteiger partial charge in [-0.15, -0.1) is 0 Å². The molecule has 2 aliphatic rings. The van der Waals surface area contributed by atoms with E-state index in [2.05, 4.69) is 31.2 Å². The molecule has 2 amide bonds. The first kappa shape index (κ1) is 19.0. The summed E-state index contributed by atoms with van der Waals surface area (Å²) < 4.78 is 0. The molecule has 0 spiro atoms. The second-order valence-corrected chi connectivity index (χ2v) is 8.31. The molecule has 2 aromatic rings. The zero-order chi connectivity index (χ0) is 19.7. The van der Waals surface area contributed by atoms with Gasteiger partial charge in [-0.3, -0.25) is 9.59 Å². The van der Waals surface area contributed by atoms with Gasteiger partial charge in [0, 0.05) is 42.7 Å². The predicted molar refractivity (Wildman–Crippen MR) is 111 cm³/mol. The number of carbonyl (C=O) groups is 2. The van der Waals surface area contributed by atoms with Crippen molar-refractivity contribution in [2.75, 3.05) is 26.2 Å². The van der Waals surface area contributed by atoms with E-state index in [0.29, 0.717) is 23.7 Å². The van der Waals surface area contributed by atoms with Crippen molar-refractivity contribution in [3.63, 3.8) is 0 Å². The second kappa shape index (κ2) is 7.96. The number of likely N-dealkylation sites (tertiary alicyclic amines) is 2. The normalized spacial score (nSPS) is 21.9. The van der Waals surface area contributed by atoms with Gasteiger partial charge in [0.2, 0.25) is 5.91 Å². The van der Waals surface area contributed by atoms with Gasteiger partial charge in [0.05, 0.1) is 5.92 Å². The number of halogens is 1. The fraction of sp³-hybridized carbons (Fsp3) is 0.391. The molecule has 0 N–H and O–H groups in total. The van der Waals surface area contributed by atoms with Crippen molar-refractivity contribution in [2.45, 2.75) is 25.7 Å². The maximum Gasteiger partial charge on any atom is 0.253 e. The smallest absolute Gasteiger partial charge is 0.253 e. The van der Waals surface area contributed by atoms with Gasteiger partial charge in [0.1, 0.15) is 0 Å². The monoisotopic (exact) mass is 396 g/mol. The largest absolute Gasteiger partial charge is 0.342 e. The average molecular weight is 397 g/mol. The molecule has 2 saturated heterocycles. The van der Waals surface area contributed by atoms with Gasteiger partial charge in [-0.25, -0.2) is 0 Å². The van der Waals surface area contributed by atoms with Crippen molar-refractivity contribution in [1.82, 2.24) is 9.80 Å². The molecular weight excluding hydrogens is 372 g/mol. The minimum atomic E-state index is -0.183. The zero-order valence-corrected chi connectivity index (χ0v) is 16.9. The fourth-order valence-corrected chi connectivity index (χ4v) is 4.44. The lowest BCUT2D eigenvalue weighted by Gasteiger charge is -2.24. The summed E-state index contributed by atoms with van der Waals surface area (Å²) in [6, 6.07) is 15.3. The van der Waals surface area contributed by atoms with E-state index < -0.39 is 0 Å². The van der Waals surface area contributed by atoms with Crippen LogP contribution in [0.2, 0.25) is 5.02 Å². The topological polar surface area (TPSA) is 40.6 Å². The van der Waals surface area contributed by atoms with Gasteiger partial charge in [-0.1, -0.05) is 41.4 Å². The Balaban J connectivity index is 1.60. The number of nitrogens with zero attached hydrogens (tertiary/aromatic N) is 2. The van der Waals surface area contributed by atoms with Crippen LogP contribution < -0.4 is 0 Å². The van der Waals surface area contributed by atoms with E-state index in [1.807, 2.05) is 9.80 Å². The highest BCUT2D eigenvalue weighted by atomic mass is 35.5. The number of benzene rings is 2. The first-order valence-corrected chi connectivity index (χ1v) is 10.3. The van der Waals surface area contributed by atoms with Gasteiger partial charge < -0.3 is 9.80 Å². The highest BCUT2D eigenvalue weighted by molar-refractivity contribution is 6.30. The Kier molecular flexibility index (Phi) is 5.40. The van der Waals surface area contributed by atoms with Crippen molar-refractivity contribution in [1.29, 1.82) is 0 Å². The molecule has 2 atom stereocenters. The minimum absolute atomic E-state index is 0.0324. The summed E-state index contributed by atoms with van der Waals surface area (Å²) in [6.45, 7) is 4.76. The summed E-state index contributed by atoms with van der Waals surface area (Å²) >= 11 is 5.95. The van der Waals surface area contributed by atoms with E-state index in [0.717, 1.165) is 31.5 Å². The average Bonchev–Trinajstić information content (AvgIpc) is 3.38. The molecule has 2 aliphatic heterocycles. The molecular formula is C23H25ClN2O2. The molecule has 146 valence electrons. The summed E-state index contributed by atoms with van der Waals surface area (Å²) in [5, 5.41) is 0.609. The number of hydrogen-bond acceptors (Lipinski definition) is 2. The molecule has 4 nitrogen and oxygen atoms in total. The van der Waals surface area contributed by atoms with Gasteiger partial charge in [0.15, 0.2) is 0 Å². The van der Waals surface area contributed by atoms with Crippen LogP contribution in [0.5, 0.6) is 0 Å². The number of amides is 2. The second-order valence-electron chi connectivity index (χ2n) is 7.87. The molecule has 2 fully saturated rings.